The number of nitrogens with one attached hydrogen (secondary N) is 1. The highest BCUT2D eigenvalue weighted by Gasteiger charge is 2.31. The van der Waals surface area contributed by atoms with Crippen LogP contribution in [0.4, 0.5) is 11.4 Å². The molecule has 5 rings (SSSR count). The molecular weight excluding hydrogens is 515 g/mol. The van der Waals surface area contributed by atoms with Crippen molar-refractivity contribution >= 4 is 41.3 Å². The lowest BCUT2D eigenvalue weighted by Crippen LogP contribution is -2.49. The van der Waals surface area contributed by atoms with Gasteiger partial charge in [-0.25, -0.2) is 4.68 Å². The second kappa shape index (κ2) is 11.5. The minimum absolute atomic E-state index is 0. The van der Waals surface area contributed by atoms with E-state index in [1.54, 1.807) is 18.3 Å². The van der Waals surface area contributed by atoms with Gasteiger partial charge in [-0.05, 0) is 62.7 Å². The van der Waals surface area contributed by atoms with Gasteiger partial charge in [0.05, 0.1) is 28.1 Å². The van der Waals surface area contributed by atoms with Crippen LogP contribution in [0.1, 0.15) is 40.4 Å². The molecule has 0 saturated carbocycles. The van der Waals surface area contributed by atoms with Gasteiger partial charge in [0.25, 0.3) is 11.6 Å². The fourth-order valence-corrected chi connectivity index (χ4v) is 5.32. The number of carbonyl (C=O) groups excluding carboxylic acids is 1. The summed E-state index contributed by atoms with van der Waals surface area (Å²) in [5, 5.41) is 19.7. The van der Waals surface area contributed by atoms with Crippen molar-refractivity contribution in [3.8, 4) is 5.69 Å². The number of amides is 1. The van der Waals surface area contributed by atoms with E-state index in [9.17, 15) is 14.9 Å². The first-order valence-electron chi connectivity index (χ1n) is 12.3. The molecule has 37 heavy (non-hydrogen) atoms. The molecule has 1 amide bonds. The van der Waals surface area contributed by atoms with Crippen LogP contribution >= 0.6 is 24.0 Å². The summed E-state index contributed by atoms with van der Waals surface area (Å²) in [6.07, 6.45) is 3.60. The zero-order valence-electron chi connectivity index (χ0n) is 20.6. The van der Waals surface area contributed by atoms with E-state index < -0.39 is 4.92 Å². The summed E-state index contributed by atoms with van der Waals surface area (Å²) in [5.74, 6) is 0.227. The van der Waals surface area contributed by atoms with E-state index in [1.165, 1.54) is 12.1 Å². The van der Waals surface area contributed by atoms with Gasteiger partial charge in [0.2, 0.25) is 0 Å². The second-order valence-corrected chi connectivity index (χ2v) is 9.72. The van der Waals surface area contributed by atoms with Gasteiger partial charge in [-0.15, -0.1) is 12.4 Å². The fraction of sp³-hybridized carbons (Fsp3) is 0.385. The summed E-state index contributed by atoms with van der Waals surface area (Å²) in [6, 6.07) is 12.3. The van der Waals surface area contributed by atoms with E-state index >= 15 is 0 Å². The highest BCUT2D eigenvalue weighted by atomic mass is 35.5. The summed E-state index contributed by atoms with van der Waals surface area (Å²) in [4.78, 5) is 28.3. The molecule has 9 nitrogen and oxygen atoms in total. The Morgan fingerprint density at radius 3 is 2.41 bits per heavy atom. The second-order valence-electron chi connectivity index (χ2n) is 9.32. The molecule has 0 aliphatic carbocycles. The number of piperazine rings is 1. The molecule has 11 heteroatoms. The van der Waals surface area contributed by atoms with Crippen LogP contribution < -0.4 is 10.2 Å². The van der Waals surface area contributed by atoms with E-state index in [4.69, 9.17) is 11.6 Å². The molecule has 2 fully saturated rings. The Balaban J connectivity index is 0.00000320. The Bertz CT molecular complexity index is 1270. The molecule has 0 atom stereocenters. The first-order chi connectivity index (χ1) is 17.4. The number of rotatable bonds is 5. The van der Waals surface area contributed by atoms with Crippen molar-refractivity contribution < 1.29 is 9.72 Å². The lowest BCUT2D eigenvalue weighted by molar-refractivity contribution is -0.384. The Hall–Kier alpha value is -3.14. The Morgan fingerprint density at radius 2 is 1.76 bits per heavy atom. The van der Waals surface area contributed by atoms with Crippen LogP contribution in [0.5, 0.6) is 0 Å². The third-order valence-corrected chi connectivity index (χ3v) is 7.63. The zero-order valence-corrected chi connectivity index (χ0v) is 22.2. The number of nitrogens with zero attached hydrogens (tertiary/aromatic N) is 5. The smallest absolute Gasteiger partial charge is 0.269 e. The number of nitro benzene ring substituents is 1. The first-order valence-corrected chi connectivity index (χ1v) is 12.6. The summed E-state index contributed by atoms with van der Waals surface area (Å²) < 4.78 is 1.91. The highest BCUT2D eigenvalue weighted by Crippen LogP contribution is 2.33. The van der Waals surface area contributed by atoms with Gasteiger partial charge < -0.3 is 15.1 Å². The van der Waals surface area contributed by atoms with Crippen LogP contribution in [0.25, 0.3) is 5.69 Å². The summed E-state index contributed by atoms with van der Waals surface area (Å²) in [6.45, 7) is 6.26. The van der Waals surface area contributed by atoms with Gasteiger partial charge in [0.1, 0.15) is 0 Å². The maximum Gasteiger partial charge on any atom is 0.269 e. The van der Waals surface area contributed by atoms with Crippen LogP contribution in [-0.4, -0.2) is 64.8 Å². The molecule has 3 aromatic rings. The number of carbonyl (C=O) groups is 1. The van der Waals surface area contributed by atoms with Gasteiger partial charge >= 0.3 is 0 Å². The number of piperidine rings is 1. The number of hydrogen-bond donors (Lipinski definition) is 1. The number of anilines is 1. The lowest BCUT2D eigenvalue weighted by Gasteiger charge is -2.36. The molecule has 2 saturated heterocycles. The number of hydrogen-bond acceptors (Lipinski definition) is 6. The summed E-state index contributed by atoms with van der Waals surface area (Å²) in [5.41, 5.74) is 4.46. The molecular formula is C26H30Cl2N6O3. The molecule has 0 radical (unpaired) electrons. The quantitative estimate of drug-likeness (QED) is 0.372. The molecule has 0 bridgehead atoms. The number of aromatic nitrogens is 2. The van der Waals surface area contributed by atoms with Crippen molar-refractivity contribution in [1.29, 1.82) is 0 Å². The monoisotopic (exact) mass is 544 g/mol. The van der Waals surface area contributed by atoms with Crippen molar-refractivity contribution in [1.82, 2.24) is 20.0 Å². The van der Waals surface area contributed by atoms with Crippen molar-refractivity contribution in [2.24, 2.45) is 0 Å². The fourth-order valence-electron chi connectivity index (χ4n) is 5.15. The van der Waals surface area contributed by atoms with Gasteiger partial charge in [-0.1, -0.05) is 17.7 Å². The van der Waals surface area contributed by atoms with Crippen LogP contribution in [0, 0.1) is 17.0 Å². The average Bonchev–Trinajstić information content (AvgIpc) is 3.35. The van der Waals surface area contributed by atoms with E-state index in [2.05, 4.69) is 15.3 Å². The third kappa shape index (κ3) is 5.44. The lowest BCUT2D eigenvalue weighted by atomic mass is 9.91. The van der Waals surface area contributed by atoms with Crippen LogP contribution in [0.15, 0.2) is 48.7 Å². The van der Waals surface area contributed by atoms with Crippen molar-refractivity contribution in [3.63, 3.8) is 0 Å². The molecule has 0 spiro atoms. The van der Waals surface area contributed by atoms with Gasteiger partial charge in [-0.3, -0.25) is 14.9 Å². The predicted molar refractivity (Wildman–Crippen MR) is 147 cm³/mol. The standard InChI is InChI=1S/C26H29ClN6O3.ClH/c1-18-23(27)3-2-4-24(18)32-25(19-9-11-28-12-10-19)22(17-29-32)26(34)31-15-13-30(14-16-31)20-5-7-21(8-6-20)33(35)36;/h2-8,17,19,28H,9-16H2,1H3;1H. The average molecular weight is 545 g/mol. The van der Waals surface area contributed by atoms with Crippen molar-refractivity contribution in [2.45, 2.75) is 25.7 Å². The van der Waals surface area contributed by atoms with Crippen LogP contribution in [0.2, 0.25) is 5.02 Å². The number of nitro groups is 1. The van der Waals surface area contributed by atoms with Gasteiger partial charge in [-0.2, -0.15) is 5.10 Å². The molecule has 1 N–H and O–H groups in total. The summed E-state index contributed by atoms with van der Waals surface area (Å²) in [7, 11) is 0. The molecule has 2 aromatic carbocycles. The number of non-ortho nitro benzene ring substituents is 1. The molecule has 2 aliphatic heterocycles. The molecule has 196 valence electrons. The molecule has 1 aromatic heterocycles. The normalized spacial score (nSPS) is 16.4. The van der Waals surface area contributed by atoms with Crippen molar-refractivity contribution in [2.75, 3.05) is 44.2 Å². The van der Waals surface area contributed by atoms with Crippen LogP contribution in [-0.2, 0) is 0 Å². The first kappa shape index (κ1) is 26.9. The van der Waals surface area contributed by atoms with Gasteiger partial charge in [0.15, 0.2) is 0 Å². The Morgan fingerprint density at radius 1 is 1.08 bits per heavy atom. The zero-order chi connectivity index (χ0) is 25.2. The largest absolute Gasteiger partial charge is 0.368 e. The maximum atomic E-state index is 13.8. The van der Waals surface area contributed by atoms with E-state index in [1.807, 2.05) is 34.7 Å². The maximum absolute atomic E-state index is 13.8. The Labute approximate surface area is 226 Å². The minimum Gasteiger partial charge on any atom is -0.368 e. The predicted octanol–water partition coefficient (Wildman–Crippen LogP) is 4.59. The number of halogens is 2. The summed E-state index contributed by atoms with van der Waals surface area (Å²) >= 11 is 6.42. The minimum atomic E-state index is -0.397. The van der Waals surface area contributed by atoms with Crippen LogP contribution in [0.3, 0.4) is 0 Å². The van der Waals surface area contributed by atoms with Gasteiger partial charge in [0, 0.05) is 54.9 Å². The third-order valence-electron chi connectivity index (χ3n) is 7.22. The SMILES string of the molecule is Cc1c(Cl)cccc1-n1ncc(C(=O)N2CCN(c3ccc([N+](=O)[O-])cc3)CC2)c1C1CCNCC1.Cl. The molecule has 0 unspecified atom stereocenters. The van der Waals surface area contributed by atoms with Crippen molar-refractivity contribution in [3.05, 3.63) is 80.6 Å². The van der Waals surface area contributed by atoms with E-state index in [0.29, 0.717) is 36.8 Å². The molecule has 2 aliphatic rings. The highest BCUT2D eigenvalue weighted by molar-refractivity contribution is 6.31. The molecule has 3 heterocycles. The van der Waals surface area contributed by atoms with E-state index in [-0.39, 0.29) is 29.9 Å². The number of benzene rings is 2. The van der Waals surface area contributed by atoms with E-state index in [0.717, 1.165) is 48.6 Å². The Kier molecular flexibility index (Phi) is 8.36. The topological polar surface area (TPSA) is 96.5 Å².